The highest BCUT2D eigenvalue weighted by Crippen LogP contribution is 2.25. The fourth-order valence-electron chi connectivity index (χ4n) is 2.28. The lowest BCUT2D eigenvalue weighted by Gasteiger charge is -2.07. The number of nitro benzene ring substituents is 1. The van der Waals surface area contributed by atoms with E-state index in [-0.39, 0.29) is 5.69 Å². The molecule has 7 heteroatoms. The zero-order valence-corrected chi connectivity index (χ0v) is 11.1. The van der Waals surface area contributed by atoms with Crippen LogP contribution in [0.2, 0.25) is 0 Å². The van der Waals surface area contributed by atoms with Gasteiger partial charge in [-0.3, -0.25) is 16.0 Å². The maximum absolute atomic E-state index is 11.0. The number of nitrogens with one attached hydrogen (secondary N) is 1. The Balaban J connectivity index is 1.98. The summed E-state index contributed by atoms with van der Waals surface area (Å²) in [5, 5.41) is 11.0. The number of nitro groups is 1. The van der Waals surface area contributed by atoms with Crippen molar-refractivity contribution in [1.29, 1.82) is 0 Å². The summed E-state index contributed by atoms with van der Waals surface area (Å²) in [6, 6.07) is 12.7. The molecule has 0 saturated heterocycles. The van der Waals surface area contributed by atoms with Gasteiger partial charge in [0.15, 0.2) is 0 Å². The molecule has 0 unspecified atom stereocenters. The summed E-state index contributed by atoms with van der Waals surface area (Å²) in [4.78, 5) is 14.9. The molecule has 3 rings (SSSR count). The van der Waals surface area contributed by atoms with Crippen LogP contribution in [0.4, 0.5) is 11.4 Å². The molecule has 3 N–H and O–H groups in total. The van der Waals surface area contributed by atoms with Gasteiger partial charge in [-0.25, -0.2) is 4.98 Å². The van der Waals surface area contributed by atoms with E-state index in [0.29, 0.717) is 12.2 Å². The lowest BCUT2D eigenvalue weighted by Crippen LogP contribution is -2.09. The van der Waals surface area contributed by atoms with Crippen molar-refractivity contribution in [2.45, 2.75) is 6.54 Å². The second kappa shape index (κ2) is 5.22. The minimum Gasteiger partial charge on any atom is -0.326 e. The summed E-state index contributed by atoms with van der Waals surface area (Å²) >= 11 is 0. The predicted molar refractivity (Wildman–Crippen MR) is 79.7 cm³/mol. The van der Waals surface area contributed by atoms with Crippen LogP contribution in [0, 0.1) is 10.1 Å². The largest absolute Gasteiger partial charge is 0.326 e. The third kappa shape index (κ3) is 2.41. The number of hydrogen-bond acceptors (Lipinski definition) is 5. The molecule has 0 atom stereocenters. The summed E-state index contributed by atoms with van der Waals surface area (Å²) in [6.45, 7) is 0.506. The van der Waals surface area contributed by atoms with E-state index in [1.165, 1.54) is 6.07 Å². The molecule has 1 aromatic heterocycles. The van der Waals surface area contributed by atoms with Gasteiger partial charge in [0, 0.05) is 12.6 Å². The van der Waals surface area contributed by atoms with Crippen molar-refractivity contribution in [3.63, 3.8) is 0 Å². The average Bonchev–Trinajstić information content (AvgIpc) is 2.90. The van der Waals surface area contributed by atoms with Crippen molar-refractivity contribution >= 4 is 22.4 Å². The molecule has 0 amide bonds. The second-order valence-electron chi connectivity index (χ2n) is 4.61. The molecule has 0 saturated carbocycles. The Bertz CT molecular complexity index is 812. The van der Waals surface area contributed by atoms with Crippen LogP contribution in [0.5, 0.6) is 0 Å². The summed E-state index contributed by atoms with van der Waals surface area (Å²) in [7, 11) is 0. The fraction of sp³-hybridized carbons (Fsp3) is 0.0714. The first-order chi connectivity index (χ1) is 10.2. The number of nitrogens with two attached hydrogens (primary N) is 1. The Morgan fingerprint density at radius 3 is 2.86 bits per heavy atom. The van der Waals surface area contributed by atoms with Crippen LogP contribution in [-0.4, -0.2) is 14.5 Å². The third-order valence-electron chi connectivity index (χ3n) is 3.29. The second-order valence-corrected chi connectivity index (χ2v) is 4.61. The van der Waals surface area contributed by atoms with E-state index in [1.54, 1.807) is 18.5 Å². The molecular formula is C14H13N5O2. The smallest absolute Gasteiger partial charge is 0.293 e. The number of nitrogen functional groups attached to an aromatic ring is 1. The van der Waals surface area contributed by atoms with E-state index in [9.17, 15) is 10.1 Å². The number of para-hydroxylation sites is 2. The monoisotopic (exact) mass is 283 g/mol. The number of fused-ring (bicyclic) bond motifs is 1. The molecule has 0 fully saturated rings. The molecular weight excluding hydrogens is 270 g/mol. The Morgan fingerprint density at radius 2 is 2.10 bits per heavy atom. The van der Waals surface area contributed by atoms with E-state index < -0.39 is 4.92 Å². The third-order valence-corrected chi connectivity index (χ3v) is 3.29. The van der Waals surface area contributed by atoms with Gasteiger partial charge in [-0.05, 0) is 23.8 Å². The van der Waals surface area contributed by atoms with Crippen LogP contribution >= 0.6 is 0 Å². The topological polar surface area (TPSA) is 99.0 Å². The van der Waals surface area contributed by atoms with Gasteiger partial charge < -0.3 is 9.99 Å². The molecule has 0 bridgehead atoms. The van der Waals surface area contributed by atoms with E-state index in [2.05, 4.69) is 10.4 Å². The first kappa shape index (κ1) is 13.1. The summed E-state index contributed by atoms with van der Waals surface area (Å²) < 4.78 is 1.95. The van der Waals surface area contributed by atoms with E-state index in [1.807, 2.05) is 28.8 Å². The molecule has 0 aliphatic rings. The number of rotatable bonds is 4. The molecule has 106 valence electrons. The molecule has 0 spiro atoms. The first-order valence-electron chi connectivity index (χ1n) is 6.33. The number of hydrazine groups is 1. The average molecular weight is 283 g/mol. The lowest BCUT2D eigenvalue weighted by atomic mass is 10.1. The lowest BCUT2D eigenvalue weighted by molar-refractivity contribution is -0.384. The molecule has 3 aromatic rings. The van der Waals surface area contributed by atoms with Crippen LogP contribution in [0.15, 0.2) is 48.8 Å². The van der Waals surface area contributed by atoms with Crippen molar-refractivity contribution in [3.8, 4) is 0 Å². The quantitative estimate of drug-likeness (QED) is 0.435. The Hall–Kier alpha value is -2.93. The molecule has 2 aromatic carbocycles. The number of anilines is 1. The van der Waals surface area contributed by atoms with Crippen molar-refractivity contribution in [3.05, 3.63) is 64.5 Å². The summed E-state index contributed by atoms with van der Waals surface area (Å²) in [5.74, 6) is 5.28. The number of nitrogens with zero attached hydrogens (tertiary/aromatic N) is 3. The van der Waals surface area contributed by atoms with E-state index in [0.717, 1.165) is 16.6 Å². The molecule has 7 nitrogen and oxygen atoms in total. The predicted octanol–water partition coefficient (Wildman–Crippen LogP) is 2.28. The van der Waals surface area contributed by atoms with Crippen molar-refractivity contribution in [1.82, 2.24) is 9.55 Å². The van der Waals surface area contributed by atoms with Gasteiger partial charge in [-0.2, -0.15) is 0 Å². The number of imidazole rings is 1. The molecule has 0 radical (unpaired) electrons. The van der Waals surface area contributed by atoms with Crippen molar-refractivity contribution < 1.29 is 4.92 Å². The van der Waals surface area contributed by atoms with Gasteiger partial charge in [0.25, 0.3) is 5.69 Å². The van der Waals surface area contributed by atoms with Gasteiger partial charge in [0.1, 0.15) is 5.69 Å². The number of benzene rings is 2. The maximum atomic E-state index is 11.0. The van der Waals surface area contributed by atoms with Crippen LogP contribution in [0.25, 0.3) is 11.0 Å². The Morgan fingerprint density at radius 1 is 1.29 bits per heavy atom. The van der Waals surface area contributed by atoms with Crippen molar-refractivity contribution in [2.24, 2.45) is 5.84 Å². The first-order valence-corrected chi connectivity index (χ1v) is 6.33. The van der Waals surface area contributed by atoms with E-state index >= 15 is 0 Å². The zero-order valence-electron chi connectivity index (χ0n) is 11.1. The normalized spacial score (nSPS) is 10.7. The summed E-state index contributed by atoms with van der Waals surface area (Å²) in [6.07, 6.45) is 1.73. The van der Waals surface area contributed by atoms with Gasteiger partial charge in [0.05, 0.1) is 22.3 Å². The standard InChI is InChI=1S/C14H13N5O2/c15-17-12-6-5-10(7-14(12)19(20)21)8-18-9-16-11-3-1-2-4-13(11)18/h1-7,9,17H,8,15H2. The Labute approximate surface area is 120 Å². The van der Waals surface area contributed by atoms with Gasteiger partial charge in [-0.15, -0.1) is 0 Å². The van der Waals surface area contributed by atoms with E-state index in [4.69, 9.17) is 5.84 Å². The fourth-order valence-corrected chi connectivity index (χ4v) is 2.28. The SMILES string of the molecule is NNc1ccc(Cn2cnc3ccccc32)cc1[N+](=O)[O-]. The van der Waals surface area contributed by atoms with Crippen LogP contribution < -0.4 is 11.3 Å². The van der Waals surface area contributed by atoms with Crippen LogP contribution in [-0.2, 0) is 6.54 Å². The highest BCUT2D eigenvalue weighted by Gasteiger charge is 2.14. The van der Waals surface area contributed by atoms with Crippen molar-refractivity contribution in [2.75, 3.05) is 5.43 Å². The maximum Gasteiger partial charge on any atom is 0.293 e. The molecule has 0 aliphatic heterocycles. The molecule has 0 aliphatic carbocycles. The van der Waals surface area contributed by atoms with Gasteiger partial charge in [0.2, 0.25) is 0 Å². The minimum atomic E-state index is -0.454. The van der Waals surface area contributed by atoms with Gasteiger partial charge >= 0.3 is 0 Å². The van der Waals surface area contributed by atoms with Gasteiger partial charge in [-0.1, -0.05) is 18.2 Å². The minimum absolute atomic E-state index is 0.0422. The van der Waals surface area contributed by atoms with Crippen LogP contribution in [0.1, 0.15) is 5.56 Å². The zero-order chi connectivity index (χ0) is 14.8. The molecule has 21 heavy (non-hydrogen) atoms. The Kier molecular flexibility index (Phi) is 3.25. The highest BCUT2D eigenvalue weighted by molar-refractivity contribution is 5.75. The summed E-state index contributed by atoms with van der Waals surface area (Å²) in [5.41, 5.74) is 5.27. The van der Waals surface area contributed by atoms with Crippen LogP contribution in [0.3, 0.4) is 0 Å². The number of hydrogen-bond donors (Lipinski definition) is 2. The molecule has 1 heterocycles. The number of aromatic nitrogens is 2. The highest BCUT2D eigenvalue weighted by atomic mass is 16.6.